The maximum absolute atomic E-state index is 12.1. The van der Waals surface area contributed by atoms with E-state index in [0.717, 1.165) is 36.9 Å². The number of rotatable bonds is 6. The van der Waals surface area contributed by atoms with Crippen LogP contribution in [0.3, 0.4) is 0 Å². The van der Waals surface area contributed by atoms with E-state index in [9.17, 15) is 4.79 Å². The van der Waals surface area contributed by atoms with Gasteiger partial charge >= 0.3 is 0 Å². The maximum Gasteiger partial charge on any atom is 0.262 e. The summed E-state index contributed by atoms with van der Waals surface area (Å²) in [7, 11) is 0. The molecular weight excluding hydrogens is 324 g/mol. The van der Waals surface area contributed by atoms with Gasteiger partial charge in [0.2, 0.25) is 0 Å². The fraction of sp³-hybridized carbons (Fsp3) is 0.409. The molecule has 4 nitrogen and oxygen atoms in total. The van der Waals surface area contributed by atoms with Crippen LogP contribution < -0.4 is 15.0 Å². The zero-order valence-electron chi connectivity index (χ0n) is 15.7. The van der Waals surface area contributed by atoms with Crippen LogP contribution in [0.1, 0.15) is 32.3 Å². The molecule has 2 aromatic carbocycles. The van der Waals surface area contributed by atoms with E-state index in [1.54, 1.807) is 0 Å². The number of ether oxygens (including phenoxy) is 1. The van der Waals surface area contributed by atoms with Gasteiger partial charge in [-0.15, -0.1) is 0 Å². The van der Waals surface area contributed by atoms with Gasteiger partial charge in [-0.25, -0.2) is 0 Å². The molecule has 0 atom stereocenters. The van der Waals surface area contributed by atoms with Gasteiger partial charge in [-0.2, -0.15) is 0 Å². The van der Waals surface area contributed by atoms with E-state index >= 15 is 0 Å². The molecule has 3 rings (SSSR count). The van der Waals surface area contributed by atoms with Crippen molar-refractivity contribution in [1.82, 2.24) is 0 Å². The van der Waals surface area contributed by atoms with E-state index in [4.69, 9.17) is 4.74 Å². The number of carbonyl (C=O) groups excluding carboxylic acids is 1. The van der Waals surface area contributed by atoms with Crippen molar-refractivity contribution < 1.29 is 9.53 Å². The van der Waals surface area contributed by atoms with E-state index in [0.29, 0.717) is 0 Å². The molecule has 1 aliphatic rings. The number of benzene rings is 2. The molecule has 0 aliphatic carbocycles. The highest BCUT2D eigenvalue weighted by atomic mass is 16.5. The lowest BCUT2D eigenvalue weighted by Crippen LogP contribution is -2.32. The smallest absolute Gasteiger partial charge is 0.262 e. The third-order valence-electron chi connectivity index (χ3n) is 4.98. The predicted molar refractivity (Wildman–Crippen MR) is 107 cm³/mol. The summed E-state index contributed by atoms with van der Waals surface area (Å²) in [6.07, 6.45) is 3.44. The van der Waals surface area contributed by atoms with Gasteiger partial charge < -0.3 is 15.0 Å². The topological polar surface area (TPSA) is 41.6 Å². The van der Waals surface area contributed by atoms with Crippen molar-refractivity contribution in [3.63, 3.8) is 0 Å². The second-order valence-corrected chi connectivity index (χ2v) is 7.05. The van der Waals surface area contributed by atoms with Crippen molar-refractivity contribution in [2.45, 2.75) is 33.1 Å². The number of hydrogen-bond donors (Lipinski definition) is 1. The third-order valence-corrected chi connectivity index (χ3v) is 4.98. The first-order valence-corrected chi connectivity index (χ1v) is 9.50. The summed E-state index contributed by atoms with van der Waals surface area (Å²) >= 11 is 0. The van der Waals surface area contributed by atoms with Gasteiger partial charge in [0.25, 0.3) is 5.91 Å². The Morgan fingerprint density at radius 2 is 1.88 bits per heavy atom. The van der Waals surface area contributed by atoms with Crippen LogP contribution in [0.4, 0.5) is 11.4 Å². The van der Waals surface area contributed by atoms with Crippen molar-refractivity contribution in [2.75, 3.05) is 29.9 Å². The minimum absolute atomic E-state index is 0.0128. The molecule has 0 aromatic heterocycles. The summed E-state index contributed by atoms with van der Waals surface area (Å²) in [5.41, 5.74) is 3.23. The molecule has 0 bridgehead atoms. The van der Waals surface area contributed by atoms with Gasteiger partial charge in [0, 0.05) is 24.5 Å². The summed E-state index contributed by atoms with van der Waals surface area (Å²) in [5, 5.41) is 2.90. The van der Waals surface area contributed by atoms with Crippen LogP contribution in [-0.4, -0.2) is 25.6 Å². The quantitative estimate of drug-likeness (QED) is 0.832. The number of carbonyl (C=O) groups is 1. The Balaban J connectivity index is 1.49. The second-order valence-electron chi connectivity index (χ2n) is 7.05. The van der Waals surface area contributed by atoms with Crippen LogP contribution in [-0.2, 0) is 11.2 Å². The Morgan fingerprint density at radius 3 is 2.58 bits per heavy atom. The number of nitrogens with one attached hydrogen (secondary N) is 1. The monoisotopic (exact) mass is 352 g/mol. The SMILES string of the molecule is CCc1cccc(OCC(=O)Nc2ccc(N3CCC(C)CC3)cc2)c1. The zero-order valence-corrected chi connectivity index (χ0v) is 15.7. The molecule has 1 saturated heterocycles. The fourth-order valence-electron chi connectivity index (χ4n) is 3.22. The third kappa shape index (κ3) is 5.01. The van der Waals surface area contributed by atoms with Crippen LogP contribution in [0, 0.1) is 5.92 Å². The van der Waals surface area contributed by atoms with Crippen molar-refractivity contribution in [2.24, 2.45) is 5.92 Å². The van der Waals surface area contributed by atoms with Crippen molar-refractivity contribution in [1.29, 1.82) is 0 Å². The first kappa shape index (κ1) is 18.3. The van der Waals surface area contributed by atoms with Gasteiger partial charge in [0.1, 0.15) is 5.75 Å². The molecule has 138 valence electrons. The summed E-state index contributed by atoms with van der Waals surface area (Å²) in [5.74, 6) is 1.41. The van der Waals surface area contributed by atoms with E-state index in [1.165, 1.54) is 24.1 Å². The first-order chi connectivity index (χ1) is 12.6. The van der Waals surface area contributed by atoms with E-state index < -0.39 is 0 Å². The van der Waals surface area contributed by atoms with Gasteiger partial charge in [0.15, 0.2) is 6.61 Å². The number of hydrogen-bond acceptors (Lipinski definition) is 3. The highest BCUT2D eigenvalue weighted by Gasteiger charge is 2.15. The van der Waals surface area contributed by atoms with Crippen molar-refractivity contribution >= 4 is 17.3 Å². The highest BCUT2D eigenvalue weighted by molar-refractivity contribution is 5.92. The minimum Gasteiger partial charge on any atom is -0.484 e. The van der Waals surface area contributed by atoms with Gasteiger partial charge in [-0.05, 0) is 67.1 Å². The van der Waals surface area contributed by atoms with Gasteiger partial charge in [-0.3, -0.25) is 4.79 Å². The minimum atomic E-state index is -0.147. The fourth-order valence-corrected chi connectivity index (χ4v) is 3.22. The largest absolute Gasteiger partial charge is 0.484 e. The molecule has 0 unspecified atom stereocenters. The van der Waals surface area contributed by atoms with Gasteiger partial charge in [-0.1, -0.05) is 26.0 Å². The first-order valence-electron chi connectivity index (χ1n) is 9.50. The molecule has 26 heavy (non-hydrogen) atoms. The Labute approximate surface area is 156 Å². The molecule has 0 saturated carbocycles. The molecule has 0 spiro atoms. The normalized spacial score (nSPS) is 14.9. The number of piperidine rings is 1. The molecule has 1 fully saturated rings. The summed E-state index contributed by atoms with van der Waals surface area (Å²) < 4.78 is 5.59. The van der Waals surface area contributed by atoms with Crippen molar-refractivity contribution in [3.8, 4) is 5.75 Å². The Morgan fingerprint density at radius 1 is 1.15 bits per heavy atom. The highest BCUT2D eigenvalue weighted by Crippen LogP contribution is 2.24. The lowest BCUT2D eigenvalue weighted by molar-refractivity contribution is -0.118. The lowest BCUT2D eigenvalue weighted by Gasteiger charge is -2.32. The molecule has 0 radical (unpaired) electrons. The zero-order chi connectivity index (χ0) is 18.4. The van der Waals surface area contributed by atoms with E-state index in [1.807, 2.05) is 30.3 Å². The Hall–Kier alpha value is -2.49. The molecule has 2 aromatic rings. The molecule has 1 amide bonds. The average Bonchev–Trinajstić information content (AvgIpc) is 2.68. The number of anilines is 2. The average molecular weight is 352 g/mol. The summed E-state index contributed by atoms with van der Waals surface area (Å²) in [6.45, 7) is 6.64. The maximum atomic E-state index is 12.1. The molecule has 4 heteroatoms. The van der Waals surface area contributed by atoms with Crippen LogP contribution in [0.25, 0.3) is 0 Å². The van der Waals surface area contributed by atoms with Crippen molar-refractivity contribution in [3.05, 3.63) is 54.1 Å². The summed E-state index contributed by atoms with van der Waals surface area (Å²) in [4.78, 5) is 14.5. The molecular formula is C22H28N2O2. The van der Waals surface area contributed by atoms with Crippen LogP contribution >= 0.6 is 0 Å². The summed E-state index contributed by atoms with van der Waals surface area (Å²) in [6, 6.07) is 15.9. The number of nitrogens with zero attached hydrogens (tertiary/aromatic N) is 1. The standard InChI is InChI=1S/C22H28N2O2/c1-3-18-5-4-6-21(15-18)26-16-22(25)23-19-7-9-20(10-8-19)24-13-11-17(2)12-14-24/h4-10,15,17H,3,11-14,16H2,1-2H3,(H,23,25). The predicted octanol–water partition coefficient (Wildman–Crippen LogP) is 4.50. The van der Waals surface area contributed by atoms with Crippen LogP contribution in [0.5, 0.6) is 5.75 Å². The number of amides is 1. The second kappa shape index (κ2) is 8.75. The van der Waals surface area contributed by atoms with E-state index in [2.05, 4.69) is 42.3 Å². The van der Waals surface area contributed by atoms with E-state index in [-0.39, 0.29) is 12.5 Å². The van der Waals surface area contributed by atoms with Crippen LogP contribution in [0.2, 0.25) is 0 Å². The lowest BCUT2D eigenvalue weighted by atomic mass is 9.99. The molecule has 1 heterocycles. The van der Waals surface area contributed by atoms with Crippen LogP contribution in [0.15, 0.2) is 48.5 Å². The Bertz CT molecular complexity index is 719. The van der Waals surface area contributed by atoms with Gasteiger partial charge in [0.05, 0.1) is 0 Å². The number of aryl methyl sites for hydroxylation is 1. The molecule has 1 N–H and O–H groups in total. The molecule has 1 aliphatic heterocycles. The Kier molecular flexibility index (Phi) is 6.16.